The highest BCUT2D eigenvalue weighted by Gasteiger charge is 2.28. The lowest BCUT2D eigenvalue weighted by atomic mass is 9.95. The number of aromatic nitrogens is 3. The van der Waals surface area contributed by atoms with Gasteiger partial charge in [-0.1, -0.05) is 12.1 Å². The number of nitrogens with zero attached hydrogens (tertiary/aromatic N) is 4. The highest BCUT2D eigenvalue weighted by Crippen LogP contribution is 2.28. The lowest BCUT2D eigenvalue weighted by Crippen LogP contribution is -2.39. The molecule has 0 bridgehead atoms. The van der Waals surface area contributed by atoms with Crippen LogP contribution in [-0.2, 0) is 17.9 Å². The first kappa shape index (κ1) is 21.1. The van der Waals surface area contributed by atoms with Gasteiger partial charge in [-0.15, -0.1) is 34.4 Å². The maximum absolute atomic E-state index is 13.6. The Bertz CT molecular complexity index is 809. The summed E-state index contributed by atoms with van der Waals surface area (Å²) in [6.45, 7) is 4.17. The molecule has 0 atom stereocenters. The van der Waals surface area contributed by atoms with Gasteiger partial charge in [0, 0.05) is 49.2 Å². The molecule has 0 saturated carbocycles. The molecule has 28 heavy (non-hydrogen) atoms. The number of hydrogen-bond acceptors (Lipinski definition) is 5. The van der Waals surface area contributed by atoms with Crippen LogP contribution < -0.4 is 5.32 Å². The van der Waals surface area contributed by atoms with Crippen LogP contribution in [0.15, 0.2) is 29.2 Å². The number of benzene rings is 1. The van der Waals surface area contributed by atoms with Crippen LogP contribution >= 0.6 is 24.2 Å². The van der Waals surface area contributed by atoms with Crippen LogP contribution in [0.1, 0.15) is 36.8 Å². The van der Waals surface area contributed by atoms with Crippen molar-refractivity contribution in [2.45, 2.75) is 43.2 Å². The Morgan fingerprint density at radius 2 is 2.00 bits per heavy atom. The summed E-state index contributed by atoms with van der Waals surface area (Å²) >= 11 is 1.40. The van der Waals surface area contributed by atoms with Crippen molar-refractivity contribution < 1.29 is 9.18 Å². The molecule has 0 spiro atoms. The van der Waals surface area contributed by atoms with E-state index in [2.05, 4.69) is 20.1 Å². The zero-order chi connectivity index (χ0) is 18.6. The molecule has 2 aliphatic rings. The van der Waals surface area contributed by atoms with Crippen molar-refractivity contribution in [2.24, 2.45) is 0 Å². The Morgan fingerprint density at radius 1 is 1.21 bits per heavy atom. The van der Waals surface area contributed by atoms with E-state index in [9.17, 15) is 9.18 Å². The minimum Gasteiger partial charge on any atom is -0.343 e. The van der Waals surface area contributed by atoms with Crippen molar-refractivity contribution in [2.75, 3.05) is 25.4 Å². The summed E-state index contributed by atoms with van der Waals surface area (Å²) in [4.78, 5) is 15.0. The van der Waals surface area contributed by atoms with E-state index < -0.39 is 0 Å². The van der Waals surface area contributed by atoms with Crippen LogP contribution in [-0.4, -0.2) is 51.0 Å². The van der Waals surface area contributed by atoms with Crippen LogP contribution in [0, 0.1) is 5.82 Å². The third-order valence-electron chi connectivity index (χ3n) is 5.27. The smallest absolute Gasteiger partial charge is 0.223 e. The molecule has 1 fully saturated rings. The Labute approximate surface area is 174 Å². The van der Waals surface area contributed by atoms with Gasteiger partial charge in [-0.3, -0.25) is 4.79 Å². The zero-order valence-corrected chi connectivity index (χ0v) is 17.3. The summed E-state index contributed by atoms with van der Waals surface area (Å²) < 4.78 is 15.9. The monoisotopic (exact) mass is 425 g/mol. The molecule has 2 aliphatic heterocycles. The molecule has 1 aromatic heterocycles. The number of carbonyl (C=O) groups excluding carboxylic acids is 1. The van der Waals surface area contributed by atoms with Crippen LogP contribution in [0.25, 0.3) is 0 Å². The van der Waals surface area contributed by atoms with E-state index in [1.807, 2.05) is 11.0 Å². The van der Waals surface area contributed by atoms with Gasteiger partial charge in [0.05, 0.1) is 6.54 Å². The first-order valence-corrected chi connectivity index (χ1v) is 10.5. The van der Waals surface area contributed by atoms with E-state index in [0.29, 0.717) is 23.0 Å². The van der Waals surface area contributed by atoms with Crippen LogP contribution in [0.2, 0.25) is 0 Å². The van der Waals surface area contributed by atoms with E-state index in [0.717, 1.165) is 57.2 Å². The van der Waals surface area contributed by atoms with Crippen LogP contribution in [0.4, 0.5) is 4.39 Å². The van der Waals surface area contributed by atoms with Crippen LogP contribution in [0.3, 0.4) is 0 Å². The summed E-state index contributed by atoms with van der Waals surface area (Å²) in [6.07, 6.45) is 2.30. The van der Waals surface area contributed by atoms with Gasteiger partial charge in [0.25, 0.3) is 0 Å². The van der Waals surface area contributed by atoms with Crippen molar-refractivity contribution in [1.29, 1.82) is 0 Å². The van der Waals surface area contributed by atoms with Crippen molar-refractivity contribution >= 4 is 30.1 Å². The number of halogens is 2. The van der Waals surface area contributed by atoms with Gasteiger partial charge in [-0.2, -0.15) is 0 Å². The Balaban J connectivity index is 0.00000225. The third-order valence-corrected chi connectivity index (χ3v) is 6.32. The van der Waals surface area contributed by atoms with Crippen molar-refractivity contribution in [1.82, 2.24) is 25.0 Å². The number of hydrogen-bond donors (Lipinski definition) is 1. The molecule has 0 radical (unpaired) electrons. The van der Waals surface area contributed by atoms with Crippen LogP contribution in [0.5, 0.6) is 0 Å². The number of amides is 1. The summed E-state index contributed by atoms with van der Waals surface area (Å²) in [7, 11) is 0. The molecule has 1 saturated heterocycles. The Morgan fingerprint density at radius 3 is 2.79 bits per heavy atom. The van der Waals surface area contributed by atoms with Gasteiger partial charge in [0.1, 0.15) is 17.5 Å². The van der Waals surface area contributed by atoms with E-state index in [-0.39, 0.29) is 24.1 Å². The van der Waals surface area contributed by atoms with E-state index in [1.165, 1.54) is 17.8 Å². The fourth-order valence-electron chi connectivity index (χ4n) is 3.77. The molecular formula is C19H25ClFN5OS. The highest BCUT2D eigenvalue weighted by atomic mass is 35.5. The number of likely N-dealkylation sites (tertiary alicyclic amines) is 1. The number of rotatable bonds is 5. The average Bonchev–Trinajstić information content (AvgIpc) is 3.14. The minimum absolute atomic E-state index is 0. The van der Waals surface area contributed by atoms with Crippen molar-refractivity contribution in [3.8, 4) is 0 Å². The second-order valence-electron chi connectivity index (χ2n) is 6.99. The lowest BCUT2D eigenvalue weighted by Gasteiger charge is -2.32. The molecule has 3 heterocycles. The van der Waals surface area contributed by atoms with Gasteiger partial charge in [0.2, 0.25) is 5.91 Å². The third kappa shape index (κ3) is 4.67. The fraction of sp³-hybridized carbons (Fsp3) is 0.526. The minimum atomic E-state index is -0.220. The maximum atomic E-state index is 13.6. The number of thioether (sulfide) groups is 1. The number of carbonyl (C=O) groups is 1. The SMILES string of the molecule is Cl.O=C(CCSc1ccccc1F)N1CCC(c2nnc3n2CCNC3)CC1. The first-order valence-electron chi connectivity index (χ1n) is 9.50. The summed E-state index contributed by atoms with van der Waals surface area (Å²) in [5, 5.41) is 12.0. The van der Waals surface area contributed by atoms with Gasteiger partial charge < -0.3 is 14.8 Å². The molecule has 0 aliphatic carbocycles. The molecule has 9 heteroatoms. The molecule has 4 rings (SSSR count). The normalized spacial score (nSPS) is 17.1. The molecule has 1 aromatic carbocycles. The van der Waals surface area contributed by atoms with Gasteiger partial charge >= 0.3 is 0 Å². The first-order chi connectivity index (χ1) is 13.2. The summed E-state index contributed by atoms with van der Waals surface area (Å²) in [5.41, 5.74) is 0. The largest absolute Gasteiger partial charge is 0.343 e. The van der Waals surface area contributed by atoms with Crippen molar-refractivity contribution in [3.63, 3.8) is 0 Å². The van der Waals surface area contributed by atoms with Gasteiger partial charge in [0.15, 0.2) is 0 Å². The lowest BCUT2D eigenvalue weighted by molar-refractivity contribution is -0.131. The highest BCUT2D eigenvalue weighted by molar-refractivity contribution is 7.99. The molecule has 152 valence electrons. The Kier molecular flexibility index (Phi) is 7.31. The Hall–Kier alpha value is -1.64. The summed E-state index contributed by atoms with van der Waals surface area (Å²) in [5.74, 6) is 3.01. The second kappa shape index (κ2) is 9.71. The topological polar surface area (TPSA) is 63.1 Å². The van der Waals surface area contributed by atoms with Crippen molar-refractivity contribution in [3.05, 3.63) is 41.7 Å². The fourth-order valence-corrected chi connectivity index (χ4v) is 4.65. The zero-order valence-electron chi connectivity index (χ0n) is 15.6. The summed E-state index contributed by atoms with van der Waals surface area (Å²) in [6, 6.07) is 6.70. The number of piperidine rings is 1. The van der Waals surface area contributed by atoms with E-state index in [1.54, 1.807) is 12.1 Å². The van der Waals surface area contributed by atoms with E-state index >= 15 is 0 Å². The predicted octanol–water partition coefficient (Wildman–Crippen LogP) is 2.83. The standard InChI is InChI=1S/C19H24FN5OS.ClH/c20-15-3-1-2-4-16(15)27-12-7-18(26)24-9-5-14(6-10-24)19-23-22-17-13-21-8-11-25(17)19;/h1-4,14,21H,5-13H2;1H. The number of nitrogens with one attached hydrogen (secondary N) is 1. The maximum Gasteiger partial charge on any atom is 0.223 e. The molecular weight excluding hydrogens is 401 g/mol. The second-order valence-corrected chi connectivity index (χ2v) is 8.12. The van der Waals surface area contributed by atoms with Gasteiger partial charge in [-0.25, -0.2) is 4.39 Å². The molecule has 1 amide bonds. The van der Waals surface area contributed by atoms with Gasteiger partial charge in [-0.05, 0) is 25.0 Å². The number of fused-ring (bicyclic) bond motifs is 1. The molecule has 0 unspecified atom stereocenters. The quantitative estimate of drug-likeness (QED) is 0.746. The predicted molar refractivity (Wildman–Crippen MR) is 109 cm³/mol. The molecule has 6 nitrogen and oxygen atoms in total. The van der Waals surface area contributed by atoms with E-state index in [4.69, 9.17) is 0 Å². The molecule has 1 N–H and O–H groups in total. The molecule has 2 aromatic rings. The average molecular weight is 426 g/mol.